The predicted molar refractivity (Wildman–Crippen MR) is 72.2 cm³/mol. The molecule has 4 heteroatoms. The first-order chi connectivity index (χ1) is 8.00. The summed E-state index contributed by atoms with van der Waals surface area (Å²) < 4.78 is 5.06. The highest BCUT2D eigenvalue weighted by molar-refractivity contribution is 4.98. The van der Waals surface area contributed by atoms with E-state index in [0.717, 1.165) is 26.1 Å². The Labute approximate surface area is 106 Å². The molecule has 0 spiro atoms. The van der Waals surface area contributed by atoms with Gasteiger partial charge in [-0.2, -0.15) is 0 Å². The molecule has 1 aliphatic rings. The fourth-order valence-electron chi connectivity index (χ4n) is 2.66. The van der Waals surface area contributed by atoms with Crippen molar-refractivity contribution in [3.8, 4) is 0 Å². The Kier molecular flexibility index (Phi) is 5.86. The summed E-state index contributed by atoms with van der Waals surface area (Å²) >= 11 is 0. The SMILES string of the molecule is COCCC(N)CN(C)CC1(N(C)C)CCC1. The van der Waals surface area contributed by atoms with Crippen molar-refractivity contribution in [2.24, 2.45) is 5.73 Å². The quantitative estimate of drug-likeness (QED) is 0.683. The van der Waals surface area contributed by atoms with Crippen LogP contribution in [0.1, 0.15) is 25.7 Å². The van der Waals surface area contributed by atoms with Crippen LogP contribution in [-0.4, -0.2) is 69.3 Å². The molecule has 0 aliphatic heterocycles. The Balaban J connectivity index is 2.30. The van der Waals surface area contributed by atoms with Crippen LogP contribution in [0.5, 0.6) is 0 Å². The zero-order valence-electron chi connectivity index (χ0n) is 11.9. The fourth-order valence-corrected chi connectivity index (χ4v) is 2.66. The Bertz CT molecular complexity index is 217. The second-order valence-corrected chi connectivity index (χ2v) is 5.71. The summed E-state index contributed by atoms with van der Waals surface area (Å²) in [6.07, 6.45) is 4.94. The average Bonchev–Trinajstić information content (AvgIpc) is 2.19. The third-order valence-electron chi connectivity index (χ3n) is 4.04. The Morgan fingerprint density at radius 3 is 2.35 bits per heavy atom. The number of nitrogens with zero attached hydrogens (tertiary/aromatic N) is 2. The van der Waals surface area contributed by atoms with Gasteiger partial charge >= 0.3 is 0 Å². The molecule has 4 nitrogen and oxygen atoms in total. The highest BCUT2D eigenvalue weighted by Crippen LogP contribution is 2.36. The van der Waals surface area contributed by atoms with E-state index in [1.165, 1.54) is 19.3 Å². The first-order valence-corrected chi connectivity index (χ1v) is 6.61. The maximum Gasteiger partial charge on any atom is 0.0477 e. The number of hydrogen-bond acceptors (Lipinski definition) is 4. The number of methoxy groups -OCH3 is 1. The third kappa shape index (κ3) is 4.21. The molecule has 1 saturated carbocycles. The van der Waals surface area contributed by atoms with E-state index in [9.17, 15) is 0 Å². The fraction of sp³-hybridized carbons (Fsp3) is 1.00. The van der Waals surface area contributed by atoms with Crippen LogP contribution in [-0.2, 0) is 4.74 Å². The third-order valence-corrected chi connectivity index (χ3v) is 4.04. The van der Waals surface area contributed by atoms with Gasteiger partial charge in [-0.1, -0.05) is 0 Å². The molecule has 0 heterocycles. The molecule has 102 valence electrons. The topological polar surface area (TPSA) is 41.7 Å². The van der Waals surface area contributed by atoms with Crippen molar-refractivity contribution in [2.75, 3.05) is 47.9 Å². The van der Waals surface area contributed by atoms with E-state index in [4.69, 9.17) is 10.5 Å². The van der Waals surface area contributed by atoms with E-state index in [1.54, 1.807) is 7.11 Å². The van der Waals surface area contributed by atoms with Crippen LogP contribution in [0.4, 0.5) is 0 Å². The number of hydrogen-bond donors (Lipinski definition) is 1. The lowest BCUT2D eigenvalue weighted by Crippen LogP contribution is -2.57. The van der Waals surface area contributed by atoms with Gasteiger partial charge < -0.3 is 20.3 Å². The van der Waals surface area contributed by atoms with Crippen LogP contribution in [0.2, 0.25) is 0 Å². The van der Waals surface area contributed by atoms with E-state index in [0.29, 0.717) is 5.54 Å². The summed E-state index contributed by atoms with van der Waals surface area (Å²) in [4.78, 5) is 4.76. The van der Waals surface area contributed by atoms with Gasteiger partial charge in [-0.25, -0.2) is 0 Å². The van der Waals surface area contributed by atoms with Crippen LogP contribution in [0.15, 0.2) is 0 Å². The van der Waals surface area contributed by atoms with Gasteiger partial charge in [0.1, 0.15) is 0 Å². The molecule has 0 aromatic carbocycles. The summed E-state index contributed by atoms with van der Waals surface area (Å²) in [6.45, 7) is 2.84. The van der Waals surface area contributed by atoms with Crippen LogP contribution < -0.4 is 5.73 Å². The minimum Gasteiger partial charge on any atom is -0.385 e. The first-order valence-electron chi connectivity index (χ1n) is 6.61. The maximum absolute atomic E-state index is 6.08. The molecule has 0 aromatic heterocycles. The summed E-state index contributed by atoms with van der Waals surface area (Å²) in [5, 5.41) is 0. The highest BCUT2D eigenvalue weighted by atomic mass is 16.5. The molecule has 0 aromatic rings. The van der Waals surface area contributed by atoms with E-state index >= 15 is 0 Å². The monoisotopic (exact) mass is 243 g/mol. The Morgan fingerprint density at radius 1 is 1.29 bits per heavy atom. The molecule has 1 unspecified atom stereocenters. The van der Waals surface area contributed by atoms with Crippen molar-refractivity contribution in [3.05, 3.63) is 0 Å². The first kappa shape index (κ1) is 14.9. The smallest absolute Gasteiger partial charge is 0.0477 e. The number of rotatable bonds is 8. The van der Waals surface area contributed by atoms with Crippen molar-refractivity contribution < 1.29 is 4.74 Å². The minimum atomic E-state index is 0.222. The lowest BCUT2D eigenvalue weighted by molar-refractivity contribution is 0.0258. The van der Waals surface area contributed by atoms with Crippen molar-refractivity contribution in [3.63, 3.8) is 0 Å². The minimum absolute atomic E-state index is 0.222. The van der Waals surface area contributed by atoms with Gasteiger partial charge in [0, 0.05) is 38.4 Å². The van der Waals surface area contributed by atoms with Gasteiger partial charge in [0.15, 0.2) is 0 Å². The number of likely N-dealkylation sites (N-methyl/N-ethyl adjacent to an activating group) is 2. The molecule has 0 amide bonds. The molecule has 1 rings (SSSR count). The van der Waals surface area contributed by atoms with Crippen molar-refractivity contribution in [2.45, 2.75) is 37.3 Å². The van der Waals surface area contributed by atoms with Gasteiger partial charge in [0.2, 0.25) is 0 Å². The lowest BCUT2D eigenvalue weighted by Gasteiger charge is -2.49. The van der Waals surface area contributed by atoms with Gasteiger partial charge in [-0.15, -0.1) is 0 Å². The second kappa shape index (κ2) is 6.69. The van der Waals surface area contributed by atoms with Gasteiger partial charge in [-0.05, 0) is 46.8 Å². The summed E-state index contributed by atoms with van der Waals surface area (Å²) in [7, 11) is 8.29. The molecule has 1 fully saturated rings. The van der Waals surface area contributed by atoms with Crippen molar-refractivity contribution in [1.82, 2.24) is 9.80 Å². The molecular formula is C13H29N3O. The van der Waals surface area contributed by atoms with Crippen LogP contribution in [0, 0.1) is 0 Å². The van der Waals surface area contributed by atoms with Crippen molar-refractivity contribution in [1.29, 1.82) is 0 Å². The summed E-state index contributed by atoms with van der Waals surface area (Å²) in [5.41, 5.74) is 6.48. The number of nitrogens with two attached hydrogens (primary N) is 1. The van der Waals surface area contributed by atoms with E-state index in [2.05, 4.69) is 30.9 Å². The standard InChI is InChI=1S/C13H29N3O/c1-15(2)13(7-5-8-13)11-16(3)10-12(14)6-9-17-4/h12H,5-11,14H2,1-4H3. The summed E-state index contributed by atoms with van der Waals surface area (Å²) in [6, 6.07) is 0.222. The van der Waals surface area contributed by atoms with E-state index in [-0.39, 0.29) is 6.04 Å². The normalized spacial score (nSPS) is 20.6. The zero-order valence-corrected chi connectivity index (χ0v) is 11.9. The predicted octanol–water partition coefficient (Wildman–Crippen LogP) is 0.766. The van der Waals surface area contributed by atoms with Crippen LogP contribution in [0.3, 0.4) is 0 Å². The van der Waals surface area contributed by atoms with Gasteiger partial charge in [-0.3, -0.25) is 0 Å². The van der Waals surface area contributed by atoms with Crippen molar-refractivity contribution >= 4 is 0 Å². The maximum atomic E-state index is 6.08. The molecular weight excluding hydrogens is 214 g/mol. The second-order valence-electron chi connectivity index (χ2n) is 5.71. The highest BCUT2D eigenvalue weighted by Gasteiger charge is 2.39. The molecule has 17 heavy (non-hydrogen) atoms. The Hall–Kier alpha value is -0.160. The zero-order chi connectivity index (χ0) is 12.9. The largest absolute Gasteiger partial charge is 0.385 e. The molecule has 1 atom stereocenters. The molecule has 0 radical (unpaired) electrons. The number of ether oxygens (including phenoxy) is 1. The van der Waals surface area contributed by atoms with E-state index < -0.39 is 0 Å². The van der Waals surface area contributed by atoms with Gasteiger partial charge in [0.25, 0.3) is 0 Å². The Morgan fingerprint density at radius 2 is 1.94 bits per heavy atom. The van der Waals surface area contributed by atoms with Gasteiger partial charge in [0.05, 0.1) is 0 Å². The average molecular weight is 243 g/mol. The van der Waals surface area contributed by atoms with Crippen LogP contribution >= 0.6 is 0 Å². The van der Waals surface area contributed by atoms with E-state index in [1.807, 2.05) is 0 Å². The molecule has 0 saturated heterocycles. The molecule has 0 bridgehead atoms. The van der Waals surface area contributed by atoms with Crippen LogP contribution in [0.25, 0.3) is 0 Å². The lowest BCUT2D eigenvalue weighted by atomic mass is 9.75. The summed E-state index contributed by atoms with van der Waals surface area (Å²) in [5.74, 6) is 0. The molecule has 1 aliphatic carbocycles. The molecule has 2 N–H and O–H groups in total.